The van der Waals surface area contributed by atoms with Crippen molar-refractivity contribution in [2.24, 2.45) is 4.99 Å². The van der Waals surface area contributed by atoms with Crippen molar-refractivity contribution in [2.45, 2.75) is 32.8 Å². The number of ether oxygens (including phenoxy) is 1. The molecule has 0 bridgehead atoms. The van der Waals surface area contributed by atoms with Crippen molar-refractivity contribution in [3.05, 3.63) is 65.2 Å². The van der Waals surface area contributed by atoms with Crippen LogP contribution >= 0.6 is 24.0 Å². The van der Waals surface area contributed by atoms with Crippen LogP contribution in [0.15, 0.2) is 53.5 Å². The molecule has 5 nitrogen and oxygen atoms in total. The summed E-state index contributed by atoms with van der Waals surface area (Å²) in [4.78, 5) is 4.57. The number of nitrogens with one attached hydrogen (secondary N) is 2. The number of halogens is 1. The van der Waals surface area contributed by atoms with E-state index in [-0.39, 0.29) is 24.0 Å². The van der Waals surface area contributed by atoms with Gasteiger partial charge < -0.3 is 20.5 Å². The van der Waals surface area contributed by atoms with Gasteiger partial charge in [-0.1, -0.05) is 48.0 Å². The molecule has 28 heavy (non-hydrogen) atoms. The standard InChI is InChI=1S/C22H31N3O2.HI/c1-4-23-22(25-15-13-20(26)18-8-6-5-7-9-18)24-14-12-19-16-17(2)10-11-21(19)27-3;/h5-11,16,20,26H,4,12-15H2,1-3H3,(H2,23,24,25);1H. The van der Waals surface area contributed by atoms with Gasteiger partial charge in [0.25, 0.3) is 0 Å². The van der Waals surface area contributed by atoms with E-state index in [9.17, 15) is 5.11 Å². The van der Waals surface area contributed by atoms with Crippen molar-refractivity contribution in [1.29, 1.82) is 0 Å². The van der Waals surface area contributed by atoms with Gasteiger partial charge in [-0.15, -0.1) is 24.0 Å². The fourth-order valence-electron chi connectivity index (χ4n) is 2.90. The van der Waals surface area contributed by atoms with E-state index in [4.69, 9.17) is 4.74 Å². The molecule has 1 unspecified atom stereocenters. The Morgan fingerprint density at radius 2 is 1.89 bits per heavy atom. The number of aliphatic hydroxyl groups excluding tert-OH is 1. The molecule has 2 rings (SSSR count). The van der Waals surface area contributed by atoms with Crippen LogP contribution in [0.1, 0.15) is 36.1 Å². The van der Waals surface area contributed by atoms with Gasteiger partial charge in [0.15, 0.2) is 5.96 Å². The maximum absolute atomic E-state index is 10.2. The lowest BCUT2D eigenvalue weighted by molar-refractivity contribution is 0.170. The van der Waals surface area contributed by atoms with E-state index in [1.165, 1.54) is 11.1 Å². The average molecular weight is 497 g/mol. The number of hydrogen-bond acceptors (Lipinski definition) is 3. The molecule has 0 aliphatic rings. The Kier molecular flexibility index (Phi) is 11.6. The highest BCUT2D eigenvalue weighted by Crippen LogP contribution is 2.19. The Bertz CT molecular complexity index is 723. The van der Waals surface area contributed by atoms with Crippen LogP contribution in [0, 0.1) is 6.92 Å². The fourth-order valence-corrected chi connectivity index (χ4v) is 2.90. The smallest absolute Gasteiger partial charge is 0.191 e. The van der Waals surface area contributed by atoms with E-state index in [2.05, 4.69) is 34.7 Å². The van der Waals surface area contributed by atoms with Gasteiger partial charge in [0.2, 0.25) is 0 Å². The van der Waals surface area contributed by atoms with Gasteiger partial charge in [0.05, 0.1) is 13.2 Å². The zero-order chi connectivity index (χ0) is 19.5. The third-order valence-corrected chi connectivity index (χ3v) is 4.32. The first-order valence-corrected chi connectivity index (χ1v) is 9.52. The van der Waals surface area contributed by atoms with Crippen molar-refractivity contribution in [3.63, 3.8) is 0 Å². The van der Waals surface area contributed by atoms with Crippen LogP contribution in [0.5, 0.6) is 5.75 Å². The Hall–Kier alpha value is -1.80. The van der Waals surface area contributed by atoms with E-state index in [0.717, 1.165) is 36.8 Å². The van der Waals surface area contributed by atoms with Crippen molar-refractivity contribution >= 4 is 29.9 Å². The van der Waals surface area contributed by atoms with Crippen LogP contribution in [0.4, 0.5) is 0 Å². The van der Waals surface area contributed by atoms with Gasteiger partial charge in [-0.3, -0.25) is 4.99 Å². The van der Waals surface area contributed by atoms with Gasteiger partial charge in [0, 0.05) is 19.6 Å². The summed E-state index contributed by atoms with van der Waals surface area (Å²) in [5.41, 5.74) is 3.33. The van der Waals surface area contributed by atoms with Crippen LogP contribution < -0.4 is 15.4 Å². The van der Waals surface area contributed by atoms with Crippen LogP contribution in [0.3, 0.4) is 0 Å². The largest absolute Gasteiger partial charge is 0.496 e. The average Bonchev–Trinajstić information content (AvgIpc) is 2.68. The zero-order valence-corrected chi connectivity index (χ0v) is 19.3. The summed E-state index contributed by atoms with van der Waals surface area (Å²) >= 11 is 0. The molecule has 154 valence electrons. The number of hydrogen-bond donors (Lipinski definition) is 3. The topological polar surface area (TPSA) is 65.9 Å². The summed E-state index contributed by atoms with van der Waals surface area (Å²) in [5.74, 6) is 1.68. The molecule has 0 fully saturated rings. The number of benzene rings is 2. The molecule has 1 atom stereocenters. The fraction of sp³-hybridized carbons (Fsp3) is 0.409. The number of nitrogens with zero attached hydrogens (tertiary/aromatic N) is 1. The van der Waals surface area contributed by atoms with Gasteiger partial charge >= 0.3 is 0 Å². The van der Waals surface area contributed by atoms with Gasteiger partial charge in [-0.05, 0) is 43.9 Å². The Labute approximate surface area is 185 Å². The lowest BCUT2D eigenvalue weighted by atomic mass is 10.1. The predicted molar refractivity (Wildman–Crippen MR) is 127 cm³/mol. The second kappa shape index (κ2) is 13.4. The molecular formula is C22H32IN3O2. The molecule has 0 amide bonds. The molecule has 0 aromatic heterocycles. The summed E-state index contributed by atoms with van der Waals surface area (Å²) in [6.45, 7) is 6.23. The number of aliphatic imine (C=N–C) groups is 1. The number of methoxy groups -OCH3 is 1. The maximum Gasteiger partial charge on any atom is 0.191 e. The molecular weight excluding hydrogens is 465 g/mol. The summed E-state index contributed by atoms with van der Waals surface area (Å²) in [7, 11) is 1.70. The second-order valence-corrected chi connectivity index (χ2v) is 6.47. The minimum absolute atomic E-state index is 0. The molecule has 0 spiro atoms. The number of aliphatic hydroxyl groups is 1. The molecule has 2 aromatic rings. The third-order valence-electron chi connectivity index (χ3n) is 4.32. The molecule has 2 aromatic carbocycles. The van der Waals surface area contributed by atoms with Crippen LogP contribution in [-0.4, -0.2) is 37.8 Å². The van der Waals surface area contributed by atoms with Gasteiger partial charge in [-0.2, -0.15) is 0 Å². The summed E-state index contributed by atoms with van der Waals surface area (Å²) in [6.07, 6.45) is 0.947. The Morgan fingerprint density at radius 3 is 2.57 bits per heavy atom. The summed E-state index contributed by atoms with van der Waals surface area (Å²) in [6, 6.07) is 15.9. The van der Waals surface area contributed by atoms with Crippen molar-refractivity contribution in [2.75, 3.05) is 26.7 Å². The monoisotopic (exact) mass is 497 g/mol. The number of aryl methyl sites for hydroxylation is 1. The number of guanidine groups is 1. The maximum atomic E-state index is 10.2. The van der Waals surface area contributed by atoms with E-state index in [0.29, 0.717) is 13.0 Å². The van der Waals surface area contributed by atoms with Crippen molar-refractivity contribution in [3.8, 4) is 5.75 Å². The minimum atomic E-state index is -0.491. The molecule has 0 saturated carbocycles. The lowest BCUT2D eigenvalue weighted by Crippen LogP contribution is -2.38. The van der Waals surface area contributed by atoms with Crippen molar-refractivity contribution in [1.82, 2.24) is 10.6 Å². The van der Waals surface area contributed by atoms with E-state index >= 15 is 0 Å². The molecule has 0 heterocycles. The third kappa shape index (κ3) is 8.06. The highest BCUT2D eigenvalue weighted by Gasteiger charge is 2.07. The van der Waals surface area contributed by atoms with Gasteiger partial charge in [0.1, 0.15) is 5.75 Å². The first kappa shape index (κ1) is 24.2. The minimum Gasteiger partial charge on any atom is -0.496 e. The van der Waals surface area contributed by atoms with Crippen LogP contribution in [0.25, 0.3) is 0 Å². The number of rotatable bonds is 9. The Morgan fingerprint density at radius 1 is 1.14 bits per heavy atom. The van der Waals surface area contributed by atoms with E-state index in [1.54, 1.807) is 7.11 Å². The zero-order valence-electron chi connectivity index (χ0n) is 16.9. The molecule has 0 radical (unpaired) electrons. The first-order chi connectivity index (χ1) is 13.1. The van der Waals surface area contributed by atoms with E-state index in [1.807, 2.05) is 43.3 Å². The Balaban J connectivity index is 0.00000392. The predicted octanol–water partition coefficient (Wildman–Crippen LogP) is 3.84. The van der Waals surface area contributed by atoms with Gasteiger partial charge in [-0.25, -0.2) is 0 Å². The van der Waals surface area contributed by atoms with Crippen molar-refractivity contribution < 1.29 is 9.84 Å². The molecule has 0 aliphatic carbocycles. The molecule has 0 saturated heterocycles. The van der Waals surface area contributed by atoms with E-state index < -0.39 is 6.10 Å². The SMILES string of the molecule is CCNC(=NCCC(O)c1ccccc1)NCCc1cc(C)ccc1OC.I. The highest BCUT2D eigenvalue weighted by atomic mass is 127. The highest BCUT2D eigenvalue weighted by molar-refractivity contribution is 14.0. The summed E-state index contributed by atoms with van der Waals surface area (Å²) in [5, 5.41) is 16.9. The molecule has 0 aliphatic heterocycles. The lowest BCUT2D eigenvalue weighted by Gasteiger charge is -2.14. The quantitative estimate of drug-likeness (QED) is 0.280. The molecule has 6 heteroatoms. The molecule has 3 N–H and O–H groups in total. The normalized spacial score (nSPS) is 12.1. The van der Waals surface area contributed by atoms with Crippen LogP contribution in [0.2, 0.25) is 0 Å². The summed E-state index contributed by atoms with van der Waals surface area (Å²) < 4.78 is 5.44. The van der Waals surface area contributed by atoms with Crippen LogP contribution in [-0.2, 0) is 6.42 Å². The second-order valence-electron chi connectivity index (χ2n) is 6.47. The first-order valence-electron chi connectivity index (χ1n) is 9.52.